The summed E-state index contributed by atoms with van der Waals surface area (Å²) in [5, 5.41) is 11.5. The van der Waals surface area contributed by atoms with E-state index in [4.69, 9.17) is 9.05 Å². The summed E-state index contributed by atoms with van der Waals surface area (Å²) in [4.78, 5) is 0. The summed E-state index contributed by atoms with van der Waals surface area (Å²) in [7, 11) is -0.822. The Morgan fingerprint density at radius 1 is 0.967 bits per heavy atom. The molecule has 164 valence electrons. The first-order valence-electron chi connectivity index (χ1n) is 9.80. The van der Waals surface area contributed by atoms with Crippen molar-refractivity contribution in [1.29, 1.82) is 0 Å². The van der Waals surface area contributed by atoms with Crippen LogP contribution in [0.25, 0.3) is 11.4 Å². The molecule has 0 aliphatic rings. The lowest BCUT2D eigenvalue weighted by atomic mass is 9.78. The van der Waals surface area contributed by atoms with Crippen LogP contribution in [0.5, 0.6) is 5.75 Å². The van der Waals surface area contributed by atoms with E-state index >= 15 is 0 Å². The van der Waals surface area contributed by atoms with E-state index in [9.17, 15) is 9.67 Å². The molecule has 0 spiro atoms. The highest BCUT2D eigenvalue weighted by Gasteiger charge is 2.33. The molecule has 2 aromatic rings. The molecule has 6 heteroatoms. The van der Waals surface area contributed by atoms with Crippen LogP contribution in [0.15, 0.2) is 40.9 Å². The Kier molecular flexibility index (Phi) is 7.46. The molecule has 0 radical (unpaired) electrons. The zero-order valence-electron chi connectivity index (χ0n) is 19.0. The minimum Gasteiger partial charge on any atom is -0.507 e. The van der Waals surface area contributed by atoms with Crippen molar-refractivity contribution in [3.8, 4) is 5.75 Å². The highest BCUT2D eigenvalue weighted by Crippen LogP contribution is 2.61. The maximum absolute atomic E-state index is 13.6. The topological polar surface area (TPSA) is 55.8 Å². The van der Waals surface area contributed by atoms with Crippen molar-refractivity contribution in [3.63, 3.8) is 0 Å². The summed E-state index contributed by atoms with van der Waals surface area (Å²) in [5.41, 5.74) is 2.50. The van der Waals surface area contributed by atoms with Crippen molar-refractivity contribution in [2.75, 3.05) is 14.2 Å². The van der Waals surface area contributed by atoms with Gasteiger partial charge in [0.2, 0.25) is 0 Å². The van der Waals surface area contributed by atoms with Crippen molar-refractivity contribution in [3.05, 3.63) is 63.1 Å². The Morgan fingerprint density at radius 2 is 1.47 bits per heavy atom. The van der Waals surface area contributed by atoms with Crippen LogP contribution in [0.1, 0.15) is 63.8 Å². The molecule has 30 heavy (non-hydrogen) atoms. The van der Waals surface area contributed by atoms with Crippen LogP contribution < -0.4 is 0 Å². The minimum absolute atomic E-state index is 0.269. The molecule has 0 aliphatic heterocycles. The molecule has 2 aromatic carbocycles. The first-order chi connectivity index (χ1) is 13.7. The predicted octanol–water partition coefficient (Wildman–Crippen LogP) is 7.73. The second kappa shape index (κ2) is 9.00. The second-order valence-electron chi connectivity index (χ2n) is 9.37. The fourth-order valence-corrected chi connectivity index (χ4v) is 4.98. The van der Waals surface area contributed by atoms with Gasteiger partial charge < -0.3 is 14.2 Å². The predicted molar refractivity (Wildman–Crippen MR) is 129 cm³/mol. The Morgan fingerprint density at radius 3 is 1.87 bits per heavy atom. The van der Waals surface area contributed by atoms with Gasteiger partial charge >= 0.3 is 7.60 Å². The van der Waals surface area contributed by atoms with E-state index < -0.39 is 7.60 Å². The molecule has 2 rings (SSSR count). The number of hydrogen-bond acceptors (Lipinski definition) is 4. The number of hydrogen-bond donors (Lipinski definition) is 1. The zero-order chi connectivity index (χ0) is 22.9. The van der Waals surface area contributed by atoms with E-state index in [0.29, 0.717) is 10.9 Å². The number of halogens is 1. The van der Waals surface area contributed by atoms with E-state index in [0.717, 1.165) is 21.2 Å². The zero-order valence-corrected chi connectivity index (χ0v) is 21.5. The summed E-state index contributed by atoms with van der Waals surface area (Å²) in [6, 6.07) is 11.5. The lowest BCUT2D eigenvalue weighted by Crippen LogP contribution is -2.18. The van der Waals surface area contributed by atoms with Crippen molar-refractivity contribution in [2.24, 2.45) is 0 Å². The Balaban J connectivity index is 2.92. The van der Waals surface area contributed by atoms with E-state index in [2.05, 4.69) is 15.9 Å². The average Bonchev–Trinajstić information content (AvgIpc) is 2.64. The molecular weight excluding hydrogens is 463 g/mol. The molecule has 1 N–H and O–H groups in total. The van der Waals surface area contributed by atoms with E-state index in [-0.39, 0.29) is 16.6 Å². The first kappa shape index (κ1) is 24.9. The number of phenolic OH excluding ortho intramolecular Hbond substituents is 1. The number of aromatic hydroxyl groups is 1. The summed E-state index contributed by atoms with van der Waals surface area (Å²) in [6.07, 6.45) is 1.82. The van der Waals surface area contributed by atoms with Crippen molar-refractivity contribution in [1.82, 2.24) is 0 Å². The molecule has 0 aliphatic carbocycles. The molecule has 0 saturated carbocycles. The molecule has 0 fully saturated rings. The van der Waals surface area contributed by atoms with E-state index in [1.54, 1.807) is 0 Å². The van der Waals surface area contributed by atoms with Crippen LogP contribution in [0.4, 0.5) is 0 Å². The lowest BCUT2D eigenvalue weighted by Gasteiger charge is -2.29. The average molecular weight is 495 g/mol. The number of benzene rings is 2. The highest BCUT2D eigenvalue weighted by molar-refractivity contribution is 9.10. The van der Waals surface area contributed by atoms with Gasteiger partial charge in [-0.2, -0.15) is 0 Å². The maximum atomic E-state index is 13.6. The molecule has 0 atom stereocenters. The Bertz CT molecular complexity index is 954. The Hall–Kier alpha value is -1.39. The minimum atomic E-state index is -3.59. The molecule has 0 saturated heterocycles. The third kappa shape index (κ3) is 5.45. The van der Waals surface area contributed by atoms with Gasteiger partial charge in [-0.1, -0.05) is 69.6 Å². The van der Waals surface area contributed by atoms with Crippen molar-refractivity contribution >= 4 is 34.9 Å². The van der Waals surface area contributed by atoms with Gasteiger partial charge in [-0.3, -0.25) is 4.57 Å². The standard InChI is InChI=1S/C24H32BrO4P/c1-23(2,3)19-14-17(15-20(22(19)26)24(4,5)6)21(30(27,28-7)29-8)13-16-10-9-11-18(25)12-16/h9-15,26H,1-8H3/b21-13+. The lowest BCUT2D eigenvalue weighted by molar-refractivity contribution is 0.288. The summed E-state index contributed by atoms with van der Waals surface area (Å²) >= 11 is 3.48. The quantitative estimate of drug-likeness (QED) is 0.341. The molecule has 0 amide bonds. The van der Waals surface area contributed by atoms with Crippen LogP contribution in [-0.2, 0) is 24.4 Å². The van der Waals surface area contributed by atoms with Gasteiger partial charge in [-0.15, -0.1) is 0 Å². The van der Waals surface area contributed by atoms with Gasteiger partial charge in [0.25, 0.3) is 0 Å². The fourth-order valence-electron chi connectivity index (χ4n) is 3.27. The molecule has 0 aromatic heterocycles. The van der Waals surface area contributed by atoms with Crippen molar-refractivity contribution in [2.45, 2.75) is 52.4 Å². The van der Waals surface area contributed by atoms with Gasteiger partial charge in [0.05, 0.1) is 5.31 Å². The second-order valence-corrected chi connectivity index (χ2v) is 12.5. The van der Waals surface area contributed by atoms with E-state index in [1.165, 1.54) is 14.2 Å². The Labute approximate surface area is 189 Å². The SMILES string of the molecule is COP(=O)(OC)/C(=C/c1cccc(Br)c1)c1cc(C(C)(C)C)c(O)c(C(C)(C)C)c1. The van der Waals surface area contributed by atoms with Gasteiger partial charge in [0.1, 0.15) is 5.75 Å². The van der Waals surface area contributed by atoms with Crippen molar-refractivity contribution < 1.29 is 18.7 Å². The van der Waals surface area contributed by atoms with Gasteiger partial charge in [0, 0.05) is 29.8 Å². The molecule has 4 nitrogen and oxygen atoms in total. The summed E-state index contributed by atoms with van der Waals surface area (Å²) in [6.45, 7) is 12.3. The fraction of sp³-hybridized carbons (Fsp3) is 0.417. The summed E-state index contributed by atoms with van der Waals surface area (Å²) in [5.74, 6) is 0.269. The number of rotatable bonds is 5. The van der Waals surface area contributed by atoms with Crippen LogP contribution in [-0.4, -0.2) is 19.3 Å². The van der Waals surface area contributed by atoms with Crippen LogP contribution in [0.3, 0.4) is 0 Å². The third-order valence-corrected chi connectivity index (χ3v) is 7.38. The largest absolute Gasteiger partial charge is 0.507 e. The van der Waals surface area contributed by atoms with E-state index in [1.807, 2.05) is 84.0 Å². The maximum Gasteiger partial charge on any atom is 0.361 e. The van der Waals surface area contributed by atoms with Gasteiger partial charge in [-0.25, -0.2) is 0 Å². The molecule has 0 bridgehead atoms. The first-order valence-corrected chi connectivity index (χ1v) is 12.1. The van der Waals surface area contributed by atoms with Gasteiger partial charge in [0.15, 0.2) is 0 Å². The molecule has 0 heterocycles. The molecular formula is C24H32BrO4P. The third-order valence-electron chi connectivity index (χ3n) is 4.95. The monoisotopic (exact) mass is 494 g/mol. The number of phenols is 1. The van der Waals surface area contributed by atoms with Crippen LogP contribution >= 0.6 is 23.5 Å². The normalized spacial score (nSPS) is 13.6. The smallest absolute Gasteiger partial charge is 0.361 e. The van der Waals surface area contributed by atoms with Crippen LogP contribution in [0.2, 0.25) is 0 Å². The van der Waals surface area contributed by atoms with Crippen LogP contribution in [0, 0.1) is 0 Å². The summed E-state index contributed by atoms with van der Waals surface area (Å²) < 4.78 is 25.2. The molecule has 0 unspecified atom stereocenters. The highest BCUT2D eigenvalue weighted by atomic mass is 79.9. The van der Waals surface area contributed by atoms with Gasteiger partial charge in [-0.05, 0) is 52.3 Å².